The molecule has 7 heteroatoms. The Kier molecular flexibility index (Phi) is 4.79. The van der Waals surface area contributed by atoms with E-state index in [1.54, 1.807) is 30.3 Å². The Hall–Kier alpha value is -2.42. The molecule has 0 unspecified atom stereocenters. The maximum atomic E-state index is 12.5. The van der Waals surface area contributed by atoms with Crippen molar-refractivity contribution in [1.29, 1.82) is 0 Å². The molecule has 0 saturated carbocycles. The van der Waals surface area contributed by atoms with E-state index in [1.807, 2.05) is 25.1 Å². The van der Waals surface area contributed by atoms with E-state index in [2.05, 4.69) is 38.4 Å². The lowest BCUT2D eigenvalue weighted by molar-refractivity contribution is 0.0961. The second kappa shape index (κ2) is 7.00. The number of nitrogens with zero attached hydrogens (tertiary/aromatic N) is 2. The number of carbonyl (C=O) groups excluding carboxylic acids is 1. The summed E-state index contributed by atoms with van der Waals surface area (Å²) < 4.78 is 2.33. The van der Waals surface area contributed by atoms with Gasteiger partial charge in [-0.3, -0.25) is 25.0 Å². The average Bonchev–Trinajstić information content (AvgIpc) is 2.60. The van der Waals surface area contributed by atoms with Crippen molar-refractivity contribution in [3.8, 4) is 0 Å². The lowest BCUT2D eigenvalue weighted by atomic mass is 10.2. The number of aromatic nitrogens is 2. The molecule has 2 N–H and O–H groups in total. The summed E-state index contributed by atoms with van der Waals surface area (Å²) in [6.45, 7) is 2.29. The van der Waals surface area contributed by atoms with Gasteiger partial charge in [-0.2, -0.15) is 0 Å². The molecule has 24 heavy (non-hydrogen) atoms. The van der Waals surface area contributed by atoms with E-state index in [-0.39, 0.29) is 11.5 Å². The zero-order chi connectivity index (χ0) is 17.1. The van der Waals surface area contributed by atoms with Crippen molar-refractivity contribution in [2.45, 2.75) is 13.5 Å². The van der Waals surface area contributed by atoms with Crippen molar-refractivity contribution in [2.24, 2.45) is 0 Å². The highest BCUT2D eigenvalue weighted by molar-refractivity contribution is 14.1. The van der Waals surface area contributed by atoms with Crippen LogP contribution >= 0.6 is 22.6 Å². The molecule has 0 aliphatic rings. The Morgan fingerprint density at radius 1 is 1.17 bits per heavy atom. The van der Waals surface area contributed by atoms with Crippen LogP contribution in [-0.4, -0.2) is 15.5 Å². The minimum Gasteiger partial charge on any atom is -0.277 e. The van der Waals surface area contributed by atoms with Crippen LogP contribution in [0.15, 0.2) is 53.3 Å². The maximum absolute atomic E-state index is 12.5. The number of hydrogen-bond donors (Lipinski definition) is 2. The third kappa shape index (κ3) is 3.12. The van der Waals surface area contributed by atoms with Gasteiger partial charge in [0, 0.05) is 10.1 Å². The number of hydrogen-bond acceptors (Lipinski definition) is 4. The summed E-state index contributed by atoms with van der Waals surface area (Å²) in [6, 6.07) is 14.4. The fourth-order valence-corrected chi connectivity index (χ4v) is 3.01. The fraction of sp³-hybridized carbons (Fsp3) is 0.118. The molecule has 0 bridgehead atoms. The SMILES string of the molecule is CCn1c(NNC(=O)c2ccccc2I)nc2ccccc2c1=O. The summed E-state index contributed by atoms with van der Waals surface area (Å²) in [5, 5.41) is 0.550. The van der Waals surface area contributed by atoms with Gasteiger partial charge in [0.15, 0.2) is 0 Å². The molecule has 0 fully saturated rings. The molecule has 0 aliphatic heterocycles. The quantitative estimate of drug-likeness (QED) is 0.489. The van der Waals surface area contributed by atoms with E-state index in [0.29, 0.717) is 29.0 Å². The Labute approximate surface area is 152 Å². The topological polar surface area (TPSA) is 76.0 Å². The predicted molar refractivity (Wildman–Crippen MR) is 102 cm³/mol. The molecule has 1 amide bonds. The van der Waals surface area contributed by atoms with E-state index in [9.17, 15) is 9.59 Å². The minimum atomic E-state index is -0.287. The molecule has 0 radical (unpaired) electrons. The van der Waals surface area contributed by atoms with Crippen molar-refractivity contribution in [1.82, 2.24) is 15.0 Å². The second-order valence-electron chi connectivity index (χ2n) is 5.06. The molecule has 122 valence electrons. The normalized spacial score (nSPS) is 10.6. The van der Waals surface area contributed by atoms with E-state index < -0.39 is 0 Å². The molecule has 0 spiro atoms. The largest absolute Gasteiger partial charge is 0.277 e. The fourth-order valence-electron chi connectivity index (χ4n) is 2.38. The molecule has 1 heterocycles. The summed E-state index contributed by atoms with van der Waals surface area (Å²) in [4.78, 5) is 29.2. The van der Waals surface area contributed by atoms with Crippen LogP contribution in [0.5, 0.6) is 0 Å². The summed E-state index contributed by atoms with van der Waals surface area (Å²) >= 11 is 2.10. The van der Waals surface area contributed by atoms with Gasteiger partial charge in [-0.25, -0.2) is 4.98 Å². The van der Waals surface area contributed by atoms with Gasteiger partial charge in [-0.1, -0.05) is 24.3 Å². The number of nitrogens with one attached hydrogen (secondary N) is 2. The summed E-state index contributed by atoms with van der Waals surface area (Å²) in [5.74, 6) is 0.0190. The molecule has 3 rings (SSSR count). The van der Waals surface area contributed by atoms with E-state index >= 15 is 0 Å². The summed E-state index contributed by atoms with van der Waals surface area (Å²) in [7, 11) is 0. The van der Waals surface area contributed by atoms with Gasteiger partial charge >= 0.3 is 0 Å². The molecule has 0 aliphatic carbocycles. The molecular formula is C17H15IN4O2. The van der Waals surface area contributed by atoms with Crippen molar-refractivity contribution >= 4 is 45.3 Å². The van der Waals surface area contributed by atoms with Crippen molar-refractivity contribution in [3.05, 3.63) is 68.0 Å². The molecule has 6 nitrogen and oxygen atoms in total. The Bertz CT molecular complexity index is 968. The van der Waals surface area contributed by atoms with Crippen molar-refractivity contribution in [2.75, 3.05) is 5.43 Å². The van der Waals surface area contributed by atoms with Crippen LogP contribution in [0.3, 0.4) is 0 Å². The first-order valence-electron chi connectivity index (χ1n) is 7.42. The zero-order valence-corrected chi connectivity index (χ0v) is 15.1. The van der Waals surface area contributed by atoms with E-state index in [0.717, 1.165) is 3.57 Å². The van der Waals surface area contributed by atoms with Crippen LogP contribution in [0, 0.1) is 3.57 Å². The first kappa shape index (κ1) is 16.4. The lowest BCUT2D eigenvalue weighted by Crippen LogP contribution is -2.34. The summed E-state index contributed by atoms with van der Waals surface area (Å²) in [6.07, 6.45) is 0. The first-order chi connectivity index (χ1) is 11.6. The third-order valence-electron chi connectivity index (χ3n) is 3.58. The molecule has 0 saturated heterocycles. The minimum absolute atomic E-state index is 0.144. The van der Waals surface area contributed by atoms with Crippen LogP contribution < -0.4 is 16.4 Å². The average molecular weight is 434 g/mol. The highest BCUT2D eigenvalue weighted by Gasteiger charge is 2.12. The van der Waals surface area contributed by atoms with Gasteiger partial charge < -0.3 is 0 Å². The van der Waals surface area contributed by atoms with Gasteiger partial charge in [0.25, 0.3) is 11.5 Å². The Morgan fingerprint density at radius 2 is 1.88 bits per heavy atom. The smallest absolute Gasteiger partial charge is 0.270 e. The number of carbonyl (C=O) groups is 1. The maximum Gasteiger partial charge on any atom is 0.270 e. The highest BCUT2D eigenvalue weighted by atomic mass is 127. The standard InChI is InChI=1S/C17H15IN4O2/c1-2-22-16(24)12-8-4-6-10-14(12)19-17(22)21-20-15(23)11-7-3-5-9-13(11)18/h3-10H,2H2,1H3,(H,19,21)(H,20,23). The van der Waals surface area contributed by atoms with Crippen LogP contribution in [0.4, 0.5) is 5.95 Å². The number of rotatable bonds is 4. The number of amides is 1. The monoisotopic (exact) mass is 434 g/mol. The van der Waals surface area contributed by atoms with E-state index in [4.69, 9.17) is 0 Å². The van der Waals surface area contributed by atoms with Gasteiger partial charge in [0.2, 0.25) is 5.95 Å². The number of anilines is 1. The van der Waals surface area contributed by atoms with Crippen LogP contribution in [0.2, 0.25) is 0 Å². The van der Waals surface area contributed by atoms with Gasteiger partial charge in [-0.05, 0) is 53.8 Å². The Balaban J connectivity index is 1.91. The van der Waals surface area contributed by atoms with Crippen LogP contribution in [-0.2, 0) is 6.54 Å². The van der Waals surface area contributed by atoms with Gasteiger partial charge in [0.1, 0.15) is 0 Å². The van der Waals surface area contributed by atoms with Crippen molar-refractivity contribution < 1.29 is 4.79 Å². The van der Waals surface area contributed by atoms with Crippen LogP contribution in [0.1, 0.15) is 17.3 Å². The number of fused-ring (bicyclic) bond motifs is 1. The van der Waals surface area contributed by atoms with E-state index in [1.165, 1.54) is 4.57 Å². The number of benzene rings is 2. The number of halogens is 1. The van der Waals surface area contributed by atoms with Crippen LogP contribution in [0.25, 0.3) is 10.9 Å². The van der Waals surface area contributed by atoms with Gasteiger partial charge in [0.05, 0.1) is 16.5 Å². The molecule has 0 atom stereocenters. The highest BCUT2D eigenvalue weighted by Crippen LogP contribution is 2.12. The molecule has 3 aromatic rings. The first-order valence-corrected chi connectivity index (χ1v) is 8.50. The molecule has 1 aromatic heterocycles. The Morgan fingerprint density at radius 3 is 2.62 bits per heavy atom. The zero-order valence-electron chi connectivity index (χ0n) is 12.9. The molecular weight excluding hydrogens is 419 g/mol. The number of hydrazine groups is 1. The van der Waals surface area contributed by atoms with Gasteiger partial charge in [-0.15, -0.1) is 0 Å². The predicted octanol–water partition coefficient (Wildman–Crippen LogP) is 2.78. The van der Waals surface area contributed by atoms with Crippen molar-refractivity contribution in [3.63, 3.8) is 0 Å². The summed E-state index contributed by atoms with van der Waals surface area (Å²) in [5.41, 5.74) is 6.37. The number of para-hydroxylation sites is 1. The third-order valence-corrected chi connectivity index (χ3v) is 4.52. The second-order valence-corrected chi connectivity index (χ2v) is 6.22. The molecule has 2 aromatic carbocycles. The lowest BCUT2D eigenvalue weighted by Gasteiger charge is -2.14.